The molecule has 6 unspecified atom stereocenters. The van der Waals surface area contributed by atoms with Gasteiger partial charge in [0.15, 0.2) is 6.10 Å². The number of rotatable bonds is 47. The molecule has 1 fully saturated rings. The molecule has 392 valence electrons. The predicted octanol–water partition coefficient (Wildman–Crippen LogP) is 12.0. The molecule has 0 spiro atoms. The number of carbonyl (C=O) groups excluding carboxylic acids is 2. The molecule has 0 aromatic heterocycles. The number of hydrogen-bond donors (Lipinski definition) is 6. The highest BCUT2D eigenvalue weighted by molar-refractivity contribution is 7.47. The van der Waals surface area contributed by atoms with Crippen molar-refractivity contribution in [2.24, 2.45) is 0 Å². The Morgan fingerprint density at radius 3 is 1.00 bits per heavy atom. The van der Waals surface area contributed by atoms with Crippen molar-refractivity contribution >= 4 is 19.8 Å². The number of aliphatic hydroxyl groups is 5. The normalized spacial score (nSPS) is 21.2. The molecule has 1 rings (SSSR count). The Kier molecular flexibility index (Phi) is 40.7. The number of aliphatic hydroxyl groups excluding tert-OH is 5. The third-order valence-corrected chi connectivity index (χ3v) is 14.2. The molecule has 0 aromatic carbocycles. The van der Waals surface area contributed by atoms with E-state index < -0.39 is 75.7 Å². The van der Waals surface area contributed by atoms with Crippen molar-refractivity contribution in [1.82, 2.24) is 0 Å². The van der Waals surface area contributed by atoms with Gasteiger partial charge in [-0.1, -0.05) is 239 Å². The first-order valence-electron chi connectivity index (χ1n) is 27.3. The van der Waals surface area contributed by atoms with E-state index in [-0.39, 0.29) is 12.8 Å². The standard InChI is InChI=1S/C52H101O13P/c1-3-5-7-9-11-13-15-17-19-21-22-23-24-25-27-29-31-33-35-37-39-41-46(54)64-44(43-63-66(60,61)65-52-50(58)48(56)47(55)49(57)51(52)59)42-62-45(53)40-38-36-34-32-30-28-26-20-18-16-14-12-10-8-6-4-2/h44,47-52,55-59H,3-43H2,1-2H3,(H,60,61). The van der Waals surface area contributed by atoms with Crippen LogP contribution in [-0.2, 0) is 32.7 Å². The summed E-state index contributed by atoms with van der Waals surface area (Å²) in [6, 6.07) is 0. The van der Waals surface area contributed by atoms with Gasteiger partial charge in [0, 0.05) is 12.8 Å². The van der Waals surface area contributed by atoms with Crippen LogP contribution in [-0.4, -0.2) is 98.3 Å². The average molecular weight is 965 g/mol. The summed E-state index contributed by atoms with van der Waals surface area (Å²) in [7, 11) is -5.12. The van der Waals surface area contributed by atoms with E-state index in [1.807, 2.05) is 0 Å². The molecule has 1 aliphatic rings. The van der Waals surface area contributed by atoms with Gasteiger partial charge in [-0.15, -0.1) is 0 Å². The van der Waals surface area contributed by atoms with Crippen molar-refractivity contribution in [2.75, 3.05) is 13.2 Å². The van der Waals surface area contributed by atoms with Crippen molar-refractivity contribution in [3.8, 4) is 0 Å². The average Bonchev–Trinajstić information content (AvgIpc) is 3.30. The van der Waals surface area contributed by atoms with Gasteiger partial charge in [0.2, 0.25) is 0 Å². The molecule has 1 aliphatic carbocycles. The van der Waals surface area contributed by atoms with Gasteiger partial charge in [-0.05, 0) is 12.8 Å². The van der Waals surface area contributed by atoms with Crippen LogP contribution in [0.25, 0.3) is 0 Å². The SMILES string of the molecule is CCCCCCCCCCCCCCCCCCCCCCCC(=O)OC(COC(=O)CCCCCCCCCCCCCCCCCC)COP(=O)(O)OC1C(O)C(O)C(O)C(O)C1O. The van der Waals surface area contributed by atoms with Gasteiger partial charge in [-0.25, -0.2) is 4.57 Å². The fourth-order valence-corrected chi connectivity index (χ4v) is 9.79. The fourth-order valence-electron chi connectivity index (χ4n) is 8.82. The molecular formula is C52H101O13P. The summed E-state index contributed by atoms with van der Waals surface area (Å²) in [6.07, 6.45) is 32.9. The molecular weight excluding hydrogens is 864 g/mol. The minimum absolute atomic E-state index is 0.106. The zero-order chi connectivity index (χ0) is 48.5. The molecule has 13 nitrogen and oxygen atoms in total. The van der Waals surface area contributed by atoms with Crippen molar-refractivity contribution < 1.29 is 63.1 Å². The minimum atomic E-state index is -5.12. The molecule has 0 heterocycles. The van der Waals surface area contributed by atoms with Crippen molar-refractivity contribution in [3.63, 3.8) is 0 Å². The second-order valence-electron chi connectivity index (χ2n) is 19.5. The van der Waals surface area contributed by atoms with Crippen LogP contribution in [0.3, 0.4) is 0 Å². The van der Waals surface area contributed by atoms with E-state index in [0.717, 1.165) is 38.5 Å². The van der Waals surface area contributed by atoms with Crippen LogP contribution < -0.4 is 0 Å². The molecule has 14 heteroatoms. The van der Waals surface area contributed by atoms with E-state index in [1.165, 1.54) is 186 Å². The van der Waals surface area contributed by atoms with Gasteiger partial charge >= 0.3 is 19.8 Å². The molecule has 0 saturated heterocycles. The maximum Gasteiger partial charge on any atom is 0.472 e. The van der Waals surface area contributed by atoms with Crippen LogP contribution in [0.1, 0.15) is 264 Å². The largest absolute Gasteiger partial charge is 0.472 e. The molecule has 0 amide bonds. The van der Waals surface area contributed by atoms with Crippen LogP contribution in [0.4, 0.5) is 0 Å². The molecule has 66 heavy (non-hydrogen) atoms. The van der Waals surface area contributed by atoms with Gasteiger partial charge in [0.05, 0.1) is 6.61 Å². The highest BCUT2D eigenvalue weighted by atomic mass is 31.2. The second kappa shape index (κ2) is 42.7. The lowest BCUT2D eigenvalue weighted by Crippen LogP contribution is -2.64. The lowest BCUT2D eigenvalue weighted by atomic mass is 9.85. The van der Waals surface area contributed by atoms with Crippen LogP contribution >= 0.6 is 7.82 Å². The quantitative estimate of drug-likeness (QED) is 0.0191. The monoisotopic (exact) mass is 965 g/mol. The Hall–Kier alpha value is -1.15. The molecule has 0 bridgehead atoms. The Bertz CT molecular complexity index is 1160. The van der Waals surface area contributed by atoms with Crippen LogP contribution in [0.2, 0.25) is 0 Å². The van der Waals surface area contributed by atoms with Crippen molar-refractivity contribution in [2.45, 2.75) is 307 Å². The molecule has 0 radical (unpaired) electrons. The van der Waals surface area contributed by atoms with E-state index in [0.29, 0.717) is 12.8 Å². The Balaban J connectivity index is 2.34. The summed E-state index contributed by atoms with van der Waals surface area (Å²) in [5, 5.41) is 50.3. The highest BCUT2D eigenvalue weighted by Gasteiger charge is 2.51. The first kappa shape index (κ1) is 62.9. The Morgan fingerprint density at radius 2 is 0.682 bits per heavy atom. The molecule has 6 N–H and O–H groups in total. The molecule has 0 aliphatic heterocycles. The van der Waals surface area contributed by atoms with E-state index >= 15 is 0 Å². The Morgan fingerprint density at radius 1 is 0.409 bits per heavy atom. The number of phosphoric ester groups is 1. The summed E-state index contributed by atoms with van der Waals surface area (Å²) in [5.74, 6) is -1.08. The van der Waals surface area contributed by atoms with E-state index in [4.69, 9.17) is 18.5 Å². The Labute approximate surface area is 401 Å². The molecule has 0 aromatic rings. The lowest BCUT2D eigenvalue weighted by molar-refractivity contribution is -0.220. The van der Waals surface area contributed by atoms with Crippen LogP contribution in [0.5, 0.6) is 0 Å². The third kappa shape index (κ3) is 34.2. The van der Waals surface area contributed by atoms with Crippen molar-refractivity contribution in [1.29, 1.82) is 0 Å². The summed E-state index contributed by atoms with van der Waals surface area (Å²) < 4.78 is 33.7. The number of unbranched alkanes of at least 4 members (excludes halogenated alkanes) is 35. The van der Waals surface area contributed by atoms with E-state index in [1.54, 1.807) is 0 Å². The van der Waals surface area contributed by atoms with Gasteiger partial charge in [-0.3, -0.25) is 18.6 Å². The van der Waals surface area contributed by atoms with Crippen LogP contribution in [0.15, 0.2) is 0 Å². The minimum Gasteiger partial charge on any atom is -0.462 e. The number of esters is 2. The second-order valence-corrected chi connectivity index (χ2v) is 20.9. The highest BCUT2D eigenvalue weighted by Crippen LogP contribution is 2.47. The topological polar surface area (TPSA) is 210 Å². The van der Waals surface area contributed by atoms with Crippen molar-refractivity contribution in [3.05, 3.63) is 0 Å². The first-order chi connectivity index (χ1) is 31.9. The first-order valence-corrected chi connectivity index (χ1v) is 28.8. The predicted molar refractivity (Wildman–Crippen MR) is 263 cm³/mol. The van der Waals surface area contributed by atoms with Gasteiger partial charge in [0.1, 0.15) is 43.2 Å². The smallest absolute Gasteiger partial charge is 0.462 e. The van der Waals surface area contributed by atoms with E-state index in [2.05, 4.69) is 13.8 Å². The van der Waals surface area contributed by atoms with Gasteiger partial charge in [0.25, 0.3) is 0 Å². The molecule has 1 saturated carbocycles. The number of carbonyl (C=O) groups is 2. The van der Waals surface area contributed by atoms with E-state index in [9.17, 15) is 44.6 Å². The maximum absolute atomic E-state index is 12.9. The summed E-state index contributed by atoms with van der Waals surface area (Å²) in [6.45, 7) is 3.36. The van der Waals surface area contributed by atoms with Gasteiger partial charge in [-0.2, -0.15) is 0 Å². The lowest BCUT2D eigenvalue weighted by Gasteiger charge is -2.41. The zero-order valence-electron chi connectivity index (χ0n) is 42.0. The third-order valence-electron chi connectivity index (χ3n) is 13.2. The number of ether oxygens (including phenoxy) is 2. The summed E-state index contributed by atoms with van der Waals surface area (Å²) in [4.78, 5) is 35.9. The maximum atomic E-state index is 12.9. The van der Waals surface area contributed by atoms with Gasteiger partial charge < -0.3 is 39.9 Å². The summed E-state index contributed by atoms with van der Waals surface area (Å²) in [5.41, 5.74) is 0. The fraction of sp³-hybridized carbons (Fsp3) is 0.962. The molecule has 6 atom stereocenters. The zero-order valence-corrected chi connectivity index (χ0v) is 42.9. The summed E-state index contributed by atoms with van der Waals surface area (Å²) >= 11 is 0. The number of phosphoric acid groups is 1. The number of hydrogen-bond acceptors (Lipinski definition) is 12. The van der Waals surface area contributed by atoms with Crippen LogP contribution in [0, 0.1) is 0 Å².